The van der Waals surface area contributed by atoms with Crippen molar-refractivity contribution in [1.29, 1.82) is 0 Å². The van der Waals surface area contributed by atoms with Gasteiger partial charge in [-0.1, -0.05) is 24.3 Å². The molecule has 8 N–H and O–H groups in total. The number of carbonyl (C=O) groups is 2. The minimum absolute atomic E-state index is 0.00801. The van der Waals surface area contributed by atoms with Gasteiger partial charge < -0.3 is 30.9 Å². The Morgan fingerprint density at radius 1 is 0.691 bits per heavy atom. The zero-order chi connectivity index (χ0) is 49.1. The normalized spacial score (nSPS) is 12.2. The highest BCUT2D eigenvalue weighted by atomic mass is 32.2. The fourth-order valence-electron chi connectivity index (χ4n) is 6.55. The summed E-state index contributed by atoms with van der Waals surface area (Å²) in [5, 5.41) is 43.7. The summed E-state index contributed by atoms with van der Waals surface area (Å²) in [4.78, 5) is 35.1. The predicted molar refractivity (Wildman–Crippen MR) is 240 cm³/mol. The highest BCUT2D eigenvalue weighted by Crippen LogP contribution is 2.43. The molecule has 0 unspecified atom stereocenters. The Kier molecular flexibility index (Phi) is 13.5. The number of carboxylic acid groups (broad SMARTS) is 1. The number of pyridine rings is 1. The number of fused-ring (bicyclic) bond motifs is 2. The van der Waals surface area contributed by atoms with Crippen molar-refractivity contribution in [2.45, 2.75) is 21.6 Å². The molecule has 0 atom stereocenters. The highest BCUT2D eigenvalue weighted by molar-refractivity contribution is 7.86. The van der Waals surface area contributed by atoms with Crippen LogP contribution in [0.5, 0.6) is 5.75 Å². The third-order valence-electron chi connectivity index (χ3n) is 9.42. The van der Waals surface area contributed by atoms with Crippen LogP contribution in [0, 0.1) is 0 Å². The first kappa shape index (κ1) is 48.0. The first-order valence-electron chi connectivity index (χ1n) is 19.2. The van der Waals surface area contributed by atoms with Crippen LogP contribution in [-0.2, 0) is 35.1 Å². The van der Waals surface area contributed by atoms with Crippen LogP contribution in [0.2, 0.25) is 0 Å². The average molecular weight is 989 g/mol. The van der Waals surface area contributed by atoms with Gasteiger partial charge in [-0.2, -0.15) is 25.3 Å². The second-order valence-electron chi connectivity index (χ2n) is 14.0. The fraction of sp³-hybridized carbons (Fsp3) is 0.100. The number of hydrogen-bond acceptors (Lipinski definition) is 19. The largest absolute Gasteiger partial charge is 0.494 e. The quantitative estimate of drug-likeness (QED) is 0.0320. The molecule has 0 bridgehead atoms. The average Bonchev–Trinajstić information content (AvgIpc) is 3.28. The number of ether oxygens (including phenoxy) is 1. The number of carboxylic acids is 1. The lowest BCUT2D eigenvalue weighted by Gasteiger charge is -2.13. The lowest BCUT2D eigenvalue weighted by molar-refractivity contribution is -0.603. The van der Waals surface area contributed by atoms with Crippen molar-refractivity contribution in [1.82, 2.24) is 15.0 Å². The van der Waals surface area contributed by atoms with Crippen molar-refractivity contribution in [2.24, 2.45) is 20.5 Å². The number of carbonyl (C=O) groups excluding carboxylic acids is 1. The summed E-state index contributed by atoms with van der Waals surface area (Å²) in [6.45, 7) is 0.863. The van der Waals surface area contributed by atoms with Gasteiger partial charge in [-0.15, -0.1) is 25.4 Å². The van der Waals surface area contributed by atoms with E-state index in [0.717, 1.165) is 31.2 Å². The topological polar surface area (TPSA) is 375 Å². The number of aromatic nitrogens is 4. The molecule has 0 aliphatic rings. The molecule has 7 aromatic rings. The number of azo groups is 2. The molecule has 0 fully saturated rings. The van der Waals surface area contributed by atoms with Crippen LogP contribution in [0.15, 0.2) is 132 Å². The zero-order valence-electron chi connectivity index (χ0n) is 34.9. The lowest BCUT2D eigenvalue weighted by atomic mass is 10.1. The summed E-state index contributed by atoms with van der Waals surface area (Å²) in [7, 11) is -13.5. The van der Waals surface area contributed by atoms with E-state index in [1.807, 2.05) is 0 Å². The second kappa shape index (κ2) is 19.1. The molecular formula is C40H34N11O14S3+. The monoisotopic (exact) mass is 988 g/mol. The Hall–Kier alpha value is -7.99. The number of nitrogens with zero attached hydrogens (tertiary/aromatic N) is 8. The summed E-state index contributed by atoms with van der Waals surface area (Å²) in [5.74, 6) is -2.22. The van der Waals surface area contributed by atoms with E-state index in [4.69, 9.17) is 4.74 Å². The molecule has 5 aromatic carbocycles. The fourth-order valence-corrected chi connectivity index (χ4v) is 8.63. The third kappa shape index (κ3) is 10.7. The summed E-state index contributed by atoms with van der Waals surface area (Å²) in [5.41, 5.74) is -0.892. The third-order valence-corrected chi connectivity index (χ3v) is 12.1. The van der Waals surface area contributed by atoms with Gasteiger partial charge in [0.15, 0.2) is 0 Å². The summed E-state index contributed by atoms with van der Waals surface area (Å²) < 4.78 is 112. The molecule has 0 aliphatic heterocycles. The molecule has 0 radical (unpaired) electrons. The zero-order valence-corrected chi connectivity index (χ0v) is 37.3. The van der Waals surface area contributed by atoms with Crippen molar-refractivity contribution < 1.29 is 68.0 Å². The van der Waals surface area contributed by atoms with Gasteiger partial charge in [-0.3, -0.25) is 18.5 Å². The highest BCUT2D eigenvalue weighted by Gasteiger charge is 2.25. The van der Waals surface area contributed by atoms with E-state index in [1.165, 1.54) is 84.7 Å². The van der Waals surface area contributed by atoms with Gasteiger partial charge in [0.25, 0.3) is 30.4 Å². The number of aliphatic hydroxyl groups is 1. The minimum Gasteiger partial charge on any atom is -0.494 e. The molecule has 68 heavy (non-hydrogen) atoms. The van der Waals surface area contributed by atoms with E-state index in [2.05, 4.69) is 51.4 Å². The Balaban J connectivity index is 1.32. The molecule has 350 valence electrons. The molecule has 0 saturated carbocycles. The lowest BCUT2D eigenvalue weighted by Crippen LogP contribution is -2.34. The van der Waals surface area contributed by atoms with Crippen LogP contribution in [-0.4, -0.2) is 96.2 Å². The Morgan fingerprint density at radius 2 is 1.35 bits per heavy atom. The first-order valence-corrected chi connectivity index (χ1v) is 23.5. The van der Waals surface area contributed by atoms with Gasteiger partial charge in [0.2, 0.25) is 5.91 Å². The Bertz CT molecular complexity index is 3610. The van der Waals surface area contributed by atoms with Crippen molar-refractivity contribution in [3.63, 3.8) is 0 Å². The van der Waals surface area contributed by atoms with E-state index in [-0.39, 0.29) is 92.3 Å². The van der Waals surface area contributed by atoms with Crippen molar-refractivity contribution in [3.05, 3.63) is 103 Å². The number of anilines is 4. The molecule has 2 aromatic heterocycles. The van der Waals surface area contributed by atoms with Gasteiger partial charge >= 0.3 is 23.8 Å². The van der Waals surface area contributed by atoms with E-state index in [9.17, 15) is 58.7 Å². The molecular weight excluding hydrogens is 955 g/mol. The number of hydrogen-bond donors (Lipinski definition) is 8. The van der Waals surface area contributed by atoms with E-state index in [1.54, 1.807) is 0 Å². The van der Waals surface area contributed by atoms with E-state index in [0.29, 0.717) is 0 Å². The van der Waals surface area contributed by atoms with Gasteiger partial charge in [-0.05, 0) is 70.0 Å². The number of methoxy groups -OCH3 is 1. The minimum atomic E-state index is -5.00. The van der Waals surface area contributed by atoms with Gasteiger partial charge in [0.05, 0.1) is 48.7 Å². The SMILES string of the molecule is COc1cc(N=Nc2cc3c(S(=O)(=O)O)cccc3cc2S(=O)(=O)O)c(NC(C)=O)cc1N=Nc1ccc(Nc2nc(NCCO)nc(-[n+]3cccc(C(=O)O)c3)n2)c2c(S(=O)(=O)O)cccc12. The Morgan fingerprint density at radius 3 is 2.03 bits per heavy atom. The smallest absolute Gasteiger partial charge is 0.444 e. The number of aliphatic hydroxyl groups excluding tert-OH is 1. The van der Waals surface area contributed by atoms with Crippen LogP contribution in [0.1, 0.15) is 17.3 Å². The summed E-state index contributed by atoms with van der Waals surface area (Å²) in [6, 6.07) is 17.6. The number of amides is 1. The molecule has 0 saturated heterocycles. The standard InChI is InChI=1S/C40H33N11O14S3/c1-21(53)42-28-18-30(32(65-2)19-29(28)48-50-31-17-25-22(16-35(31)68(62,63)64)6-3-9-33(25)66(56,57)58)49-47-26-11-12-27(36-24(26)8-4-10-34(36)67(59,60)61)43-39-44-38(41-13-15-52)45-40(46-39)51-14-5-7-23(20-51)37(54)55/h3-12,14,16-20,52H,13,15H2,1-2H3,(H6-,41,42,43,44,45,46,49,50,53,54,55,56,57,58,59,60,61,62,63,64)/p+1. The van der Waals surface area contributed by atoms with Crippen molar-refractivity contribution in [3.8, 4) is 11.7 Å². The van der Waals surface area contributed by atoms with Crippen LogP contribution in [0.3, 0.4) is 0 Å². The molecule has 0 aliphatic carbocycles. The Labute approximate surface area is 384 Å². The van der Waals surface area contributed by atoms with E-state index >= 15 is 0 Å². The van der Waals surface area contributed by atoms with Crippen LogP contribution in [0.4, 0.5) is 46.0 Å². The second-order valence-corrected chi connectivity index (χ2v) is 18.2. The molecule has 7 rings (SSSR count). The molecule has 28 heteroatoms. The maximum atomic E-state index is 12.8. The van der Waals surface area contributed by atoms with Gasteiger partial charge in [-0.25, -0.2) is 9.36 Å². The maximum absolute atomic E-state index is 12.8. The molecule has 0 spiro atoms. The summed E-state index contributed by atoms with van der Waals surface area (Å²) >= 11 is 0. The number of benzene rings is 5. The number of aromatic carboxylic acids is 1. The van der Waals surface area contributed by atoms with E-state index < -0.39 is 62.6 Å². The maximum Gasteiger partial charge on any atom is 0.444 e. The van der Waals surface area contributed by atoms with Crippen LogP contribution in [0.25, 0.3) is 27.5 Å². The van der Waals surface area contributed by atoms with Crippen molar-refractivity contribution >= 4 is 110 Å². The number of rotatable bonds is 16. The van der Waals surface area contributed by atoms with Crippen LogP contribution < -0.4 is 25.3 Å². The van der Waals surface area contributed by atoms with Crippen molar-refractivity contribution in [2.75, 3.05) is 36.2 Å². The first-order chi connectivity index (χ1) is 32.1. The van der Waals surface area contributed by atoms with Gasteiger partial charge in [0, 0.05) is 35.7 Å². The molecule has 2 heterocycles. The van der Waals surface area contributed by atoms with Gasteiger partial charge in [0.1, 0.15) is 37.5 Å². The molecule has 25 nitrogen and oxygen atoms in total. The number of nitrogens with one attached hydrogen (secondary N) is 3. The van der Waals surface area contributed by atoms with Crippen LogP contribution >= 0.6 is 0 Å². The predicted octanol–water partition coefficient (Wildman–Crippen LogP) is 5.84. The summed E-state index contributed by atoms with van der Waals surface area (Å²) in [6.07, 6.45) is 2.72. The molecule has 1 amide bonds.